The highest BCUT2D eigenvalue weighted by Crippen LogP contribution is 2.11. The average molecular weight is 198 g/mol. The smallest absolute Gasteiger partial charge is 0.181 e. The molecular formula is C10H18N2O2. The first-order valence-electron chi connectivity index (χ1n) is 4.86. The molecule has 0 fully saturated rings. The van der Waals surface area contributed by atoms with Crippen LogP contribution in [0, 0.1) is 0 Å². The second kappa shape index (κ2) is 5.78. The monoisotopic (exact) mass is 198 g/mol. The first-order chi connectivity index (χ1) is 6.77. The molecule has 0 aliphatic rings. The zero-order valence-electron chi connectivity index (χ0n) is 9.04. The minimum atomic E-state index is 0.266. The Labute approximate surface area is 84.7 Å². The summed E-state index contributed by atoms with van der Waals surface area (Å²) in [6, 6.07) is 0. The van der Waals surface area contributed by atoms with Gasteiger partial charge in [-0.25, -0.2) is 4.98 Å². The summed E-state index contributed by atoms with van der Waals surface area (Å²) in [6.07, 6.45) is 3.61. The van der Waals surface area contributed by atoms with Crippen molar-refractivity contribution in [2.24, 2.45) is 0 Å². The Balaban J connectivity index is 2.45. The number of nitrogens with one attached hydrogen (secondary N) is 1. The number of oxazole rings is 1. The van der Waals surface area contributed by atoms with Gasteiger partial charge >= 0.3 is 0 Å². The summed E-state index contributed by atoms with van der Waals surface area (Å²) in [7, 11) is 3.62. The van der Waals surface area contributed by atoms with E-state index in [4.69, 9.17) is 9.15 Å². The molecule has 1 heterocycles. The molecule has 4 heteroatoms. The highest BCUT2D eigenvalue weighted by molar-refractivity contribution is 5.07. The van der Waals surface area contributed by atoms with Crippen molar-refractivity contribution in [3.63, 3.8) is 0 Å². The van der Waals surface area contributed by atoms with Crippen molar-refractivity contribution in [2.75, 3.05) is 14.2 Å². The molecule has 0 aromatic carbocycles. The molecule has 1 aromatic rings. The van der Waals surface area contributed by atoms with Gasteiger partial charge in [-0.05, 0) is 20.4 Å². The van der Waals surface area contributed by atoms with Crippen molar-refractivity contribution >= 4 is 0 Å². The molecule has 14 heavy (non-hydrogen) atoms. The molecule has 0 bridgehead atoms. The van der Waals surface area contributed by atoms with E-state index >= 15 is 0 Å². The minimum absolute atomic E-state index is 0.266. The molecule has 0 radical (unpaired) electrons. The molecule has 1 unspecified atom stereocenters. The fourth-order valence-electron chi connectivity index (χ4n) is 1.26. The summed E-state index contributed by atoms with van der Waals surface area (Å²) < 4.78 is 10.5. The van der Waals surface area contributed by atoms with Crippen molar-refractivity contribution in [1.82, 2.24) is 10.3 Å². The van der Waals surface area contributed by atoms with Gasteiger partial charge in [0.2, 0.25) is 0 Å². The molecule has 4 nitrogen and oxygen atoms in total. The number of hydrogen-bond donors (Lipinski definition) is 1. The molecule has 1 rings (SSSR count). The first-order valence-corrected chi connectivity index (χ1v) is 4.86. The van der Waals surface area contributed by atoms with Crippen LogP contribution in [0.25, 0.3) is 0 Å². The maximum atomic E-state index is 5.31. The fraction of sp³-hybridized carbons (Fsp3) is 0.700. The van der Waals surface area contributed by atoms with E-state index in [0.717, 1.165) is 30.8 Å². The Bertz CT molecular complexity index is 260. The lowest BCUT2D eigenvalue weighted by Gasteiger charge is -2.07. The summed E-state index contributed by atoms with van der Waals surface area (Å²) in [5.74, 6) is 0.961. The van der Waals surface area contributed by atoms with Crippen molar-refractivity contribution in [3.8, 4) is 0 Å². The van der Waals surface area contributed by atoms with Gasteiger partial charge in [-0.15, -0.1) is 0 Å². The van der Waals surface area contributed by atoms with E-state index in [2.05, 4.69) is 10.3 Å². The Morgan fingerprint density at radius 3 is 3.07 bits per heavy atom. The molecule has 0 saturated carbocycles. The summed E-state index contributed by atoms with van der Waals surface area (Å²) in [6.45, 7) is 2.81. The molecule has 0 spiro atoms. The predicted molar refractivity (Wildman–Crippen MR) is 54.1 cm³/mol. The van der Waals surface area contributed by atoms with Crippen LogP contribution >= 0.6 is 0 Å². The number of nitrogens with zero attached hydrogens (tertiary/aromatic N) is 1. The van der Waals surface area contributed by atoms with Gasteiger partial charge in [-0.3, -0.25) is 0 Å². The normalized spacial score (nSPS) is 13.1. The number of rotatable bonds is 6. The second-order valence-electron chi connectivity index (χ2n) is 3.34. The van der Waals surface area contributed by atoms with E-state index in [9.17, 15) is 0 Å². The molecule has 1 atom stereocenters. The Morgan fingerprint density at radius 1 is 1.64 bits per heavy atom. The van der Waals surface area contributed by atoms with Crippen LogP contribution in [0.5, 0.6) is 0 Å². The van der Waals surface area contributed by atoms with Gasteiger partial charge in [-0.2, -0.15) is 0 Å². The van der Waals surface area contributed by atoms with E-state index in [1.54, 1.807) is 7.11 Å². The van der Waals surface area contributed by atoms with Crippen molar-refractivity contribution in [1.29, 1.82) is 0 Å². The Kier molecular flexibility index (Phi) is 4.62. The molecule has 1 N–H and O–H groups in total. The number of methoxy groups -OCH3 is 1. The number of aromatic nitrogens is 1. The van der Waals surface area contributed by atoms with Crippen LogP contribution in [-0.2, 0) is 17.7 Å². The van der Waals surface area contributed by atoms with Crippen LogP contribution in [0.3, 0.4) is 0 Å². The van der Waals surface area contributed by atoms with Gasteiger partial charge < -0.3 is 14.5 Å². The molecule has 0 saturated heterocycles. The largest absolute Gasteiger partial charge is 0.448 e. The van der Waals surface area contributed by atoms with E-state index in [0.29, 0.717) is 0 Å². The first kappa shape index (κ1) is 11.2. The lowest BCUT2D eigenvalue weighted by Crippen LogP contribution is -2.10. The highest BCUT2D eigenvalue weighted by Gasteiger charge is 2.08. The highest BCUT2D eigenvalue weighted by atomic mass is 16.5. The van der Waals surface area contributed by atoms with E-state index < -0.39 is 0 Å². The average Bonchev–Trinajstić information content (AvgIpc) is 2.62. The molecule has 80 valence electrons. The van der Waals surface area contributed by atoms with Gasteiger partial charge in [0.05, 0.1) is 11.8 Å². The van der Waals surface area contributed by atoms with Gasteiger partial charge in [0.15, 0.2) is 6.39 Å². The number of hydrogen-bond acceptors (Lipinski definition) is 4. The lowest BCUT2D eigenvalue weighted by molar-refractivity contribution is 0.110. The van der Waals surface area contributed by atoms with Crippen LogP contribution in [0.2, 0.25) is 0 Å². The zero-order chi connectivity index (χ0) is 10.4. The summed E-state index contributed by atoms with van der Waals surface area (Å²) in [5, 5.41) is 3.06. The summed E-state index contributed by atoms with van der Waals surface area (Å²) >= 11 is 0. The van der Waals surface area contributed by atoms with Crippen LogP contribution in [-0.4, -0.2) is 25.2 Å². The van der Waals surface area contributed by atoms with Gasteiger partial charge in [-0.1, -0.05) is 0 Å². The molecule has 0 aliphatic heterocycles. The fourth-order valence-corrected chi connectivity index (χ4v) is 1.26. The minimum Gasteiger partial charge on any atom is -0.448 e. The van der Waals surface area contributed by atoms with Crippen LogP contribution in [0.4, 0.5) is 0 Å². The standard InChI is InChI=1S/C10H18N2O2/c1-8(13-3)4-5-10-9(6-11-2)12-7-14-10/h7-8,11H,4-6H2,1-3H3. The number of ether oxygens (including phenoxy) is 1. The van der Waals surface area contributed by atoms with Gasteiger partial charge in [0.1, 0.15) is 5.76 Å². The quantitative estimate of drug-likeness (QED) is 0.749. The van der Waals surface area contributed by atoms with E-state index in [-0.39, 0.29) is 6.10 Å². The van der Waals surface area contributed by atoms with Crippen molar-refractivity contribution in [3.05, 3.63) is 17.8 Å². The van der Waals surface area contributed by atoms with Gasteiger partial charge in [0, 0.05) is 20.1 Å². The Morgan fingerprint density at radius 2 is 2.43 bits per heavy atom. The van der Waals surface area contributed by atoms with E-state index in [1.807, 2.05) is 14.0 Å². The zero-order valence-corrected chi connectivity index (χ0v) is 9.04. The molecule has 0 aliphatic carbocycles. The third-order valence-electron chi connectivity index (χ3n) is 2.25. The van der Waals surface area contributed by atoms with E-state index in [1.165, 1.54) is 6.39 Å². The maximum absolute atomic E-state index is 5.31. The Hall–Kier alpha value is -0.870. The van der Waals surface area contributed by atoms with Crippen LogP contribution in [0.1, 0.15) is 24.8 Å². The topological polar surface area (TPSA) is 47.3 Å². The summed E-state index contributed by atoms with van der Waals surface area (Å²) in [4.78, 5) is 4.14. The molecular weight excluding hydrogens is 180 g/mol. The van der Waals surface area contributed by atoms with Crippen molar-refractivity contribution < 1.29 is 9.15 Å². The van der Waals surface area contributed by atoms with Crippen LogP contribution in [0.15, 0.2) is 10.8 Å². The third kappa shape index (κ3) is 3.12. The van der Waals surface area contributed by atoms with Gasteiger partial charge in [0.25, 0.3) is 0 Å². The third-order valence-corrected chi connectivity index (χ3v) is 2.25. The molecule has 0 amide bonds. The number of aryl methyl sites for hydroxylation is 1. The van der Waals surface area contributed by atoms with Crippen molar-refractivity contribution in [2.45, 2.75) is 32.4 Å². The lowest BCUT2D eigenvalue weighted by atomic mass is 10.1. The maximum Gasteiger partial charge on any atom is 0.181 e. The molecule has 1 aromatic heterocycles. The summed E-state index contributed by atoms with van der Waals surface area (Å²) in [5.41, 5.74) is 0.996. The second-order valence-corrected chi connectivity index (χ2v) is 3.34. The van der Waals surface area contributed by atoms with Crippen LogP contribution < -0.4 is 5.32 Å². The predicted octanol–water partition coefficient (Wildman–Crippen LogP) is 1.36. The SMILES string of the molecule is CNCc1ncoc1CCC(C)OC.